The van der Waals surface area contributed by atoms with Crippen molar-refractivity contribution in [1.82, 2.24) is 10.2 Å². The second-order valence-electron chi connectivity index (χ2n) is 5.35. The molecule has 1 fully saturated rings. The summed E-state index contributed by atoms with van der Waals surface area (Å²) in [4.78, 5) is 2.06. The van der Waals surface area contributed by atoms with Gasteiger partial charge in [0.25, 0.3) is 0 Å². The first-order valence-electron chi connectivity index (χ1n) is 7.64. The third-order valence-corrected chi connectivity index (χ3v) is 4.09. The van der Waals surface area contributed by atoms with Gasteiger partial charge < -0.3 is 19.5 Å². The zero-order chi connectivity index (χ0) is 16.8. The summed E-state index contributed by atoms with van der Waals surface area (Å²) in [6.45, 7) is 3.01. The standard InChI is InChI=1S/C16H24F2N2O3/c1-21-13-5-4-11(15(22-2)16(13)23-3)12(10-14(17)18)20-8-6-19-7-9-20/h4-5,12,14,19H,6-10H2,1-3H3/t12-/m0/s1. The first-order chi connectivity index (χ1) is 11.1. The minimum Gasteiger partial charge on any atom is -0.493 e. The van der Waals surface area contributed by atoms with Crippen LogP contribution in [0.15, 0.2) is 12.1 Å². The molecule has 130 valence electrons. The van der Waals surface area contributed by atoms with Gasteiger partial charge in [-0.3, -0.25) is 4.90 Å². The first-order valence-corrected chi connectivity index (χ1v) is 7.64. The molecular weight excluding hydrogens is 306 g/mol. The fourth-order valence-corrected chi connectivity index (χ4v) is 3.02. The summed E-state index contributed by atoms with van der Waals surface area (Å²) in [7, 11) is 4.55. The highest BCUT2D eigenvalue weighted by Gasteiger charge is 2.30. The number of ether oxygens (including phenoxy) is 3. The Bertz CT molecular complexity index is 508. The Balaban J connectivity index is 2.44. The summed E-state index contributed by atoms with van der Waals surface area (Å²) >= 11 is 0. The average Bonchev–Trinajstić information content (AvgIpc) is 2.58. The molecule has 23 heavy (non-hydrogen) atoms. The molecular formula is C16H24F2N2O3. The molecule has 0 saturated carbocycles. The molecule has 5 nitrogen and oxygen atoms in total. The fraction of sp³-hybridized carbons (Fsp3) is 0.625. The number of halogens is 2. The Morgan fingerprint density at radius 3 is 2.22 bits per heavy atom. The largest absolute Gasteiger partial charge is 0.493 e. The van der Waals surface area contributed by atoms with Crippen LogP contribution in [0.2, 0.25) is 0 Å². The predicted molar refractivity (Wildman–Crippen MR) is 83.9 cm³/mol. The van der Waals surface area contributed by atoms with Gasteiger partial charge in [-0.15, -0.1) is 0 Å². The average molecular weight is 330 g/mol. The minimum atomic E-state index is -2.40. The highest BCUT2D eigenvalue weighted by Crippen LogP contribution is 2.44. The molecule has 0 aliphatic carbocycles. The number of rotatable bonds is 7. The van der Waals surface area contributed by atoms with Gasteiger partial charge in [0.1, 0.15) is 0 Å². The fourth-order valence-electron chi connectivity index (χ4n) is 3.02. The van der Waals surface area contributed by atoms with E-state index in [-0.39, 0.29) is 6.42 Å². The molecule has 0 bridgehead atoms. The highest BCUT2D eigenvalue weighted by atomic mass is 19.3. The van der Waals surface area contributed by atoms with Crippen molar-refractivity contribution in [2.45, 2.75) is 18.9 Å². The lowest BCUT2D eigenvalue weighted by Gasteiger charge is -2.36. The van der Waals surface area contributed by atoms with E-state index in [2.05, 4.69) is 10.2 Å². The van der Waals surface area contributed by atoms with Gasteiger partial charge in [-0.05, 0) is 12.1 Å². The molecule has 1 saturated heterocycles. The van der Waals surface area contributed by atoms with Gasteiger partial charge >= 0.3 is 0 Å². The monoisotopic (exact) mass is 330 g/mol. The Kier molecular flexibility index (Phi) is 6.41. The Hall–Kier alpha value is -1.60. The van der Waals surface area contributed by atoms with E-state index in [1.54, 1.807) is 12.1 Å². The summed E-state index contributed by atoms with van der Waals surface area (Å²) in [5.41, 5.74) is 0.701. The van der Waals surface area contributed by atoms with E-state index in [0.29, 0.717) is 22.8 Å². The normalized spacial score (nSPS) is 17.1. The molecule has 1 aromatic carbocycles. The molecule has 1 aliphatic heterocycles. The lowest BCUT2D eigenvalue weighted by molar-refractivity contribution is 0.0727. The van der Waals surface area contributed by atoms with E-state index in [1.807, 2.05) is 0 Å². The van der Waals surface area contributed by atoms with E-state index in [1.165, 1.54) is 21.3 Å². The second-order valence-corrected chi connectivity index (χ2v) is 5.35. The molecule has 2 rings (SSSR count). The van der Waals surface area contributed by atoms with Crippen LogP contribution in [-0.4, -0.2) is 58.8 Å². The van der Waals surface area contributed by atoms with Crippen LogP contribution in [0, 0.1) is 0 Å². The minimum absolute atomic E-state index is 0.244. The maximum atomic E-state index is 13.2. The lowest BCUT2D eigenvalue weighted by Crippen LogP contribution is -2.45. The van der Waals surface area contributed by atoms with Gasteiger partial charge in [0.05, 0.1) is 21.3 Å². The Morgan fingerprint density at radius 2 is 1.70 bits per heavy atom. The van der Waals surface area contributed by atoms with Crippen LogP contribution in [0.1, 0.15) is 18.0 Å². The molecule has 0 amide bonds. The van der Waals surface area contributed by atoms with Gasteiger partial charge in [-0.2, -0.15) is 0 Å². The number of alkyl halides is 2. The van der Waals surface area contributed by atoms with E-state index in [0.717, 1.165) is 26.2 Å². The highest BCUT2D eigenvalue weighted by molar-refractivity contribution is 5.56. The molecule has 1 atom stereocenters. The number of hydrogen-bond acceptors (Lipinski definition) is 5. The molecule has 1 aromatic rings. The van der Waals surface area contributed by atoms with Crippen LogP contribution in [0.5, 0.6) is 17.2 Å². The molecule has 0 radical (unpaired) electrons. The van der Waals surface area contributed by atoms with Gasteiger partial charge in [0.15, 0.2) is 11.5 Å². The third-order valence-electron chi connectivity index (χ3n) is 4.09. The van der Waals surface area contributed by atoms with E-state index in [9.17, 15) is 8.78 Å². The predicted octanol–water partition coefficient (Wildman–Crippen LogP) is 2.31. The van der Waals surface area contributed by atoms with Gasteiger partial charge in [0.2, 0.25) is 12.2 Å². The summed E-state index contributed by atoms with van der Waals surface area (Å²) < 4.78 is 42.4. The number of piperazine rings is 1. The number of benzene rings is 1. The quantitative estimate of drug-likeness (QED) is 0.831. The molecule has 1 heterocycles. The van der Waals surface area contributed by atoms with Crippen molar-refractivity contribution in [1.29, 1.82) is 0 Å². The summed E-state index contributed by atoms with van der Waals surface area (Å²) in [5.74, 6) is 1.40. The lowest BCUT2D eigenvalue weighted by atomic mass is 9.99. The topological polar surface area (TPSA) is 43.0 Å². The molecule has 0 aromatic heterocycles. The Labute approximate surface area is 135 Å². The van der Waals surface area contributed by atoms with Crippen LogP contribution in [-0.2, 0) is 0 Å². The van der Waals surface area contributed by atoms with Crippen molar-refractivity contribution in [3.05, 3.63) is 17.7 Å². The van der Waals surface area contributed by atoms with Crippen LogP contribution in [0.3, 0.4) is 0 Å². The first kappa shape index (κ1) is 17.7. The molecule has 0 unspecified atom stereocenters. The molecule has 1 N–H and O–H groups in total. The summed E-state index contributed by atoms with van der Waals surface area (Å²) in [5, 5.41) is 3.24. The summed E-state index contributed by atoms with van der Waals surface area (Å²) in [6.07, 6.45) is -2.64. The second kappa shape index (κ2) is 8.31. The van der Waals surface area contributed by atoms with Crippen molar-refractivity contribution in [3.63, 3.8) is 0 Å². The van der Waals surface area contributed by atoms with E-state index >= 15 is 0 Å². The maximum Gasteiger partial charge on any atom is 0.240 e. The maximum absolute atomic E-state index is 13.2. The number of nitrogens with one attached hydrogen (secondary N) is 1. The van der Waals surface area contributed by atoms with Crippen molar-refractivity contribution in [2.24, 2.45) is 0 Å². The Morgan fingerprint density at radius 1 is 1.04 bits per heavy atom. The van der Waals surface area contributed by atoms with Crippen LogP contribution in [0.4, 0.5) is 8.78 Å². The number of nitrogens with zero attached hydrogens (tertiary/aromatic N) is 1. The third kappa shape index (κ3) is 4.03. The van der Waals surface area contributed by atoms with Gasteiger partial charge in [0, 0.05) is 44.2 Å². The van der Waals surface area contributed by atoms with E-state index in [4.69, 9.17) is 14.2 Å². The molecule has 7 heteroatoms. The zero-order valence-corrected chi connectivity index (χ0v) is 13.8. The summed E-state index contributed by atoms with van der Waals surface area (Å²) in [6, 6.07) is 3.10. The van der Waals surface area contributed by atoms with Gasteiger partial charge in [-0.25, -0.2) is 8.78 Å². The SMILES string of the molecule is COc1ccc([C@H](CC(F)F)N2CCNCC2)c(OC)c1OC. The van der Waals surface area contributed by atoms with Crippen molar-refractivity contribution in [2.75, 3.05) is 47.5 Å². The van der Waals surface area contributed by atoms with Crippen LogP contribution in [0.25, 0.3) is 0 Å². The smallest absolute Gasteiger partial charge is 0.240 e. The van der Waals surface area contributed by atoms with Crippen molar-refractivity contribution >= 4 is 0 Å². The van der Waals surface area contributed by atoms with Crippen LogP contribution >= 0.6 is 0 Å². The van der Waals surface area contributed by atoms with Crippen molar-refractivity contribution < 1.29 is 23.0 Å². The molecule has 0 spiro atoms. The van der Waals surface area contributed by atoms with Crippen LogP contribution < -0.4 is 19.5 Å². The van der Waals surface area contributed by atoms with E-state index < -0.39 is 12.5 Å². The van der Waals surface area contributed by atoms with Gasteiger partial charge in [-0.1, -0.05) is 0 Å². The number of hydrogen-bond donors (Lipinski definition) is 1. The molecule has 1 aliphatic rings. The zero-order valence-electron chi connectivity index (χ0n) is 13.8. The number of methoxy groups -OCH3 is 3. The van der Waals surface area contributed by atoms with Crippen molar-refractivity contribution in [3.8, 4) is 17.2 Å².